The molecule has 0 radical (unpaired) electrons. The summed E-state index contributed by atoms with van der Waals surface area (Å²) in [7, 11) is 0. The topological polar surface area (TPSA) is 120 Å². The molecule has 0 aliphatic heterocycles. The van der Waals surface area contributed by atoms with Crippen LogP contribution in [0.1, 0.15) is 0 Å². The van der Waals surface area contributed by atoms with E-state index in [2.05, 4.69) is 0 Å². The first-order valence-electron chi connectivity index (χ1n) is 3.68. The second kappa shape index (κ2) is 15.8. The first-order chi connectivity index (χ1) is 8.83. The van der Waals surface area contributed by atoms with Gasteiger partial charge in [0.25, 0.3) is 0 Å². The predicted molar refractivity (Wildman–Crippen MR) is 50.4 cm³/mol. The molecular formula is C6F9O6Tl3. The van der Waals surface area contributed by atoms with Gasteiger partial charge in [0, 0.05) is 0 Å². The van der Waals surface area contributed by atoms with Crippen molar-refractivity contribution in [2.45, 2.75) is 18.5 Å². The number of hydrogen-bond acceptors (Lipinski definition) is 6. The maximum absolute atomic E-state index is 10.5. The van der Waals surface area contributed by atoms with Gasteiger partial charge in [0.05, 0.1) is 0 Å². The summed E-state index contributed by atoms with van der Waals surface area (Å²) in [5.74, 6) is -9.02. The van der Waals surface area contributed by atoms with Gasteiger partial charge in [0.2, 0.25) is 0 Å². The molecule has 0 bridgehead atoms. The van der Waals surface area contributed by atoms with E-state index < -0.39 is 36.4 Å². The summed E-state index contributed by atoms with van der Waals surface area (Å²) in [6.07, 6.45) is -15.6. The zero-order chi connectivity index (χ0) is 18.2. The fourth-order valence-electron chi connectivity index (χ4n) is 0. The van der Waals surface area contributed by atoms with E-state index in [-0.39, 0.29) is 81.9 Å². The van der Waals surface area contributed by atoms with Crippen molar-refractivity contribution in [1.82, 2.24) is 0 Å². The summed E-state index contributed by atoms with van der Waals surface area (Å²) in [6.45, 7) is 0. The van der Waals surface area contributed by atoms with Gasteiger partial charge in [-0.2, -0.15) is 39.5 Å². The molecule has 18 heteroatoms. The molecule has 0 saturated heterocycles. The molecule has 0 aromatic heterocycles. The Hall–Kier alpha value is 0.546. The van der Waals surface area contributed by atoms with Crippen LogP contribution in [0.4, 0.5) is 39.5 Å². The van der Waals surface area contributed by atoms with Crippen molar-refractivity contribution in [3.63, 3.8) is 0 Å². The van der Waals surface area contributed by atoms with E-state index in [1.54, 1.807) is 0 Å². The van der Waals surface area contributed by atoms with Crippen LogP contribution < -0.4 is 15.3 Å². The van der Waals surface area contributed by atoms with Gasteiger partial charge < -0.3 is 29.7 Å². The van der Waals surface area contributed by atoms with E-state index in [0.29, 0.717) is 0 Å². The minimum absolute atomic E-state index is 0. The van der Waals surface area contributed by atoms with Gasteiger partial charge in [-0.1, -0.05) is 0 Å². The van der Waals surface area contributed by atoms with Gasteiger partial charge in [-0.15, -0.1) is 0 Å². The molecule has 0 amide bonds. The van der Waals surface area contributed by atoms with Crippen LogP contribution in [-0.2, 0) is 14.4 Å². The van der Waals surface area contributed by atoms with Crippen LogP contribution in [0.2, 0.25) is 0 Å². The molecular weight excluding hydrogens is 952 g/mol. The van der Waals surface area contributed by atoms with E-state index >= 15 is 0 Å². The third kappa shape index (κ3) is 30.4. The molecule has 0 atom stereocenters. The Morgan fingerprint density at radius 3 is 0.500 bits per heavy atom. The first-order valence-corrected chi connectivity index (χ1v) is 3.68. The van der Waals surface area contributed by atoms with E-state index in [9.17, 15) is 39.5 Å². The summed E-state index contributed by atoms with van der Waals surface area (Å²) in [5, 5.41) is 26.4. The SMILES string of the molecule is O=C([O-])C(F)(F)F.O=C([O-])C(F)(F)F.O=C([O-])C(F)(F)F.[Tl+].[Tl+].[Tl+]. The summed E-state index contributed by atoms with van der Waals surface area (Å²) >= 11 is 0. The molecule has 0 unspecified atom stereocenters. The van der Waals surface area contributed by atoms with Crippen molar-refractivity contribution in [3.05, 3.63) is 0 Å². The van der Waals surface area contributed by atoms with Crippen LogP contribution in [0, 0.1) is 0 Å². The summed E-state index contributed by atoms with van der Waals surface area (Å²) < 4.78 is 94.6. The molecule has 24 heavy (non-hydrogen) atoms. The van der Waals surface area contributed by atoms with Crippen LogP contribution in [0.5, 0.6) is 0 Å². The first kappa shape index (κ1) is 39.6. The molecule has 132 valence electrons. The number of hydrogen-bond donors (Lipinski definition) is 0. The largest absolute Gasteiger partial charge is 1.00 e. The van der Waals surface area contributed by atoms with Gasteiger partial charge in [-0.3, -0.25) is 0 Å². The van der Waals surface area contributed by atoms with Crippen LogP contribution in [0.3, 0.4) is 0 Å². The van der Waals surface area contributed by atoms with E-state index in [0.717, 1.165) is 0 Å². The second-order valence-corrected chi connectivity index (χ2v) is 2.36. The summed E-state index contributed by atoms with van der Waals surface area (Å²) in [4.78, 5) is 26.4. The zero-order valence-electron chi connectivity index (χ0n) is 10.6. The maximum atomic E-state index is 10.5. The number of aliphatic carboxylic acids is 3. The molecule has 0 spiro atoms. The molecule has 0 aliphatic carbocycles. The molecule has 0 aromatic carbocycles. The van der Waals surface area contributed by atoms with Gasteiger partial charge in [-0.05, 0) is 0 Å². The third-order valence-electron chi connectivity index (χ3n) is 0.694. The number of rotatable bonds is 0. The van der Waals surface area contributed by atoms with Crippen LogP contribution >= 0.6 is 0 Å². The Kier molecular flexibility index (Phi) is 26.0. The molecule has 0 rings (SSSR count). The predicted octanol–water partition coefficient (Wildman–Crippen LogP) is -3.25. The van der Waals surface area contributed by atoms with Crippen molar-refractivity contribution in [2.24, 2.45) is 0 Å². The van der Waals surface area contributed by atoms with Crippen LogP contribution in [-0.4, -0.2) is 118 Å². The molecule has 0 aliphatic rings. The molecule has 0 saturated carbocycles. The van der Waals surface area contributed by atoms with Crippen LogP contribution in [0.15, 0.2) is 0 Å². The van der Waals surface area contributed by atoms with Gasteiger partial charge in [0.15, 0.2) is 0 Å². The van der Waals surface area contributed by atoms with Gasteiger partial charge in [0.1, 0.15) is 17.9 Å². The Labute approximate surface area is 186 Å². The van der Waals surface area contributed by atoms with Crippen LogP contribution in [0.25, 0.3) is 0 Å². The smallest absolute Gasteiger partial charge is 0.542 e. The second-order valence-electron chi connectivity index (χ2n) is 2.36. The zero-order valence-corrected chi connectivity index (χ0v) is 24.0. The quantitative estimate of drug-likeness (QED) is 0.186. The number of carboxylic acid groups (broad SMARTS) is 3. The molecule has 0 fully saturated rings. The average molecular weight is 952 g/mol. The number of alkyl halides is 9. The molecule has 0 heterocycles. The fourth-order valence-corrected chi connectivity index (χ4v) is 0. The molecule has 6 nitrogen and oxygen atoms in total. The fraction of sp³-hybridized carbons (Fsp3) is 0.500. The maximum Gasteiger partial charge on any atom is 1.00 e. The van der Waals surface area contributed by atoms with Crippen molar-refractivity contribution in [2.75, 3.05) is 0 Å². The Bertz CT molecular complexity index is 320. The minimum Gasteiger partial charge on any atom is -0.542 e. The molecule has 0 aromatic rings. The monoisotopic (exact) mass is 954 g/mol. The van der Waals surface area contributed by atoms with Gasteiger partial charge in [-0.25, -0.2) is 0 Å². The number of carbonyl (C=O) groups is 3. The Morgan fingerprint density at radius 1 is 0.458 bits per heavy atom. The van der Waals surface area contributed by atoms with Crippen molar-refractivity contribution >= 4 is 99.8 Å². The number of carbonyl (C=O) groups excluding carboxylic acids is 3. The number of carboxylic acids is 3. The molecule has 0 N–H and O–H groups in total. The van der Waals surface area contributed by atoms with Crippen molar-refractivity contribution < 1.29 is 69.2 Å². The third-order valence-corrected chi connectivity index (χ3v) is 0.694. The minimum atomic E-state index is -5.19. The Balaban J connectivity index is -0.0000000476. The van der Waals surface area contributed by atoms with E-state index in [1.165, 1.54) is 0 Å². The Morgan fingerprint density at radius 2 is 0.500 bits per heavy atom. The van der Waals surface area contributed by atoms with Crippen molar-refractivity contribution in [3.8, 4) is 0 Å². The normalized spacial score (nSPS) is 9.88. The average Bonchev–Trinajstić information content (AvgIpc) is 2.14. The summed E-state index contributed by atoms with van der Waals surface area (Å²) in [5.41, 5.74) is 0. The van der Waals surface area contributed by atoms with E-state index in [1.807, 2.05) is 0 Å². The van der Waals surface area contributed by atoms with E-state index in [4.69, 9.17) is 29.7 Å². The number of halogens is 9. The van der Waals surface area contributed by atoms with Crippen molar-refractivity contribution in [1.29, 1.82) is 0 Å². The van der Waals surface area contributed by atoms with Gasteiger partial charge >= 0.3 is 100 Å². The summed E-state index contributed by atoms with van der Waals surface area (Å²) in [6, 6.07) is 0. The standard InChI is InChI=1S/3C2HF3O2.3Tl/c3*3-2(4,5)1(6)7;;;/h3*(H,6,7);;;/q;;;3*+1/p-3.